The van der Waals surface area contributed by atoms with E-state index in [4.69, 9.17) is 0 Å². The van der Waals surface area contributed by atoms with Gasteiger partial charge in [0.25, 0.3) is 5.69 Å². The van der Waals surface area contributed by atoms with Gasteiger partial charge in [-0.2, -0.15) is 0 Å². The molecule has 0 atom stereocenters. The van der Waals surface area contributed by atoms with Crippen molar-refractivity contribution in [1.29, 1.82) is 0 Å². The number of thiazole rings is 1. The Hall–Kier alpha value is -1.69. The van der Waals surface area contributed by atoms with Crippen LogP contribution in [0.5, 0.6) is 0 Å². The Bertz CT molecular complexity index is 644. The maximum Gasteiger partial charge on any atom is 0.293 e. The minimum absolute atomic E-state index is 0.120. The van der Waals surface area contributed by atoms with E-state index in [-0.39, 0.29) is 16.0 Å². The molecule has 2 aromatic rings. The predicted molar refractivity (Wildman–Crippen MR) is 83.6 cm³/mol. The Balaban J connectivity index is 2.29. The van der Waals surface area contributed by atoms with Crippen LogP contribution in [0.15, 0.2) is 12.1 Å². The van der Waals surface area contributed by atoms with Crippen LogP contribution < -0.4 is 5.32 Å². The van der Waals surface area contributed by atoms with Crippen LogP contribution in [0, 0.1) is 22.5 Å². The maximum atomic E-state index is 11.2. The van der Waals surface area contributed by atoms with Crippen LogP contribution in [-0.4, -0.2) is 16.5 Å². The Morgan fingerprint density at radius 2 is 2.10 bits per heavy atom. The number of rotatable bonds is 4. The third-order valence-corrected chi connectivity index (χ3v) is 3.93. The van der Waals surface area contributed by atoms with Crippen LogP contribution in [0.25, 0.3) is 10.2 Å². The first-order valence-electron chi connectivity index (χ1n) is 6.56. The number of anilines is 1. The molecule has 1 heterocycles. The lowest BCUT2D eigenvalue weighted by Gasteiger charge is -2.18. The van der Waals surface area contributed by atoms with Gasteiger partial charge in [-0.05, 0) is 24.8 Å². The summed E-state index contributed by atoms with van der Waals surface area (Å²) in [6.45, 7) is 9.06. The summed E-state index contributed by atoms with van der Waals surface area (Å²) in [5.74, 6) is 0. The lowest BCUT2D eigenvalue weighted by atomic mass is 9.92. The average molecular weight is 293 g/mol. The van der Waals surface area contributed by atoms with Crippen molar-refractivity contribution in [3.05, 3.63) is 27.3 Å². The van der Waals surface area contributed by atoms with E-state index in [1.807, 2.05) is 6.92 Å². The number of fused-ring (bicyclic) bond motifs is 1. The molecule has 1 N–H and O–H groups in total. The zero-order valence-corrected chi connectivity index (χ0v) is 13.0. The second kappa shape index (κ2) is 5.36. The molecule has 0 spiro atoms. The van der Waals surface area contributed by atoms with E-state index < -0.39 is 0 Å². The lowest BCUT2D eigenvalue weighted by Crippen LogP contribution is -2.13. The van der Waals surface area contributed by atoms with Gasteiger partial charge in [0.1, 0.15) is 5.69 Å². The van der Waals surface area contributed by atoms with Gasteiger partial charge in [0.05, 0.1) is 20.1 Å². The first-order chi connectivity index (χ1) is 9.26. The van der Waals surface area contributed by atoms with E-state index >= 15 is 0 Å². The number of benzene rings is 1. The molecule has 0 bridgehead atoms. The fourth-order valence-electron chi connectivity index (χ4n) is 1.94. The van der Waals surface area contributed by atoms with Crippen LogP contribution in [0.3, 0.4) is 0 Å². The maximum absolute atomic E-state index is 11.2. The second-order valence-corrected chi connectivity index (χ2v) is 7.30. The third kappa shape index (κ3) is 3.45. The summed E-state index contributed by atoms with van der Waals surface area (Å²) >= 11 is 1.48. The molecule has 1 aromatic carbocycles. The minimum atomic E-state index is -0.339. The number of hydrogen-bond acceptors (Lipinski definition) is 5. The van der Waals surface area contributed by atoms with Gasteiger partial charge < -0.3 is 5.32 Å². The SMILES string of the molecule is Cc1nc2cc(NCCC(C)(C)C)c([N+](=O)[O-])cc2s1. The largest absolute Gasteiger partial charge is 0.379 e. The lowest BCUT2D eigenvalue weighted by molar-refractivity contribution is -0.383. The Labute approximate surface area is 122 Å². The van der Waals surface area contributed by atoms with Gasteiger partial charge in [-0.3, -0.25) is 10.1 Å². The van der Waals surface area contributed by atoms with Crippen molar-refractivity contribution in [3.8, 4) is 0 Å². The van der Waals surface area contributed by atoms with Crippen molar-refractivity contribution in [2.75, 3.05) is 11.9 Å². The van der Waals surface area contributed by atoms with Gasteiger partial charge in [0.2, 0.25) is 0 Å². The first kappa shape index (κ1) is 14.7. The first-order valence-corrected chi connectivity index (χ1v) is 7.37. The third-order valence-electron chi connectivity index (χ3n) is 3.00. The fourth-order valence-corrected chi connectivity index (χ4v) is 2.79. The second-order valence-electron chi connectivity index (χ2n) is 6.06. The highest BCUT2D eigenvalue weighted by molar-refractivity contribution is 7.18. The summed E-state index contributed by atoms with van der Waals surface area (Å²) in [5, 5.41) is 15.3. The van der Waals surface area contributed by atoms with E-state index in [9.17, 15) is 10.1 Å². The summed E-state index contributed by atoms with van der Waals surface area (Å²) in [5.41, 5.74) is 1.69. The predicted octanol–water partition coefficient (Wildman–Crippen LogP) is 4.36. The normalized spacial score (nSPS) is 11.8. The van der Waals surface area contributed by atoms with Gasteiger partial charge in [-0.15, -0.1) is 11.3 Å². The highest BCUT2D eigenvalue weighted by atomic mass is 32.1. The monoisotopic (exact) mass is 293 g/mol. The summed E-state index contributed by atoms with van der Waals surface area (Å²) in [6, 6.07) is 3.39. The van der Waals surface area contributed by atoms with Crippen molar-refractivity contribution in [1.82, 2.24) is 4.98 Å². The van der Waals surface area contributed by atoms with Crippen molar-refractivity contribution in [2.24, 2.45) is 5.41 Å². The molecule has 1 aromatic heterocycles. The molecule has 0 aliphatic rings. The van der Waals surface area contributed by atoms with E-state index in [1.165, 1.54) is 11.3 Å². The molecule has 20 heavy (non-hydrogen) atoms. The van der Waals surface area contributed by atoms with E-state index in [2.05, 4.69) is 31.1 Å². The number of aromatic nitrogens is 1. The molecule has 6 heteroatoms. The van der Waals surface area contributed by atoms with Gasteiger partial charge >= 0.3 is 0 Å². The molecule has 0 aliphatic heterocycles. The topological polar surface area (TPSA) is 68.1 Å². The summed E-state index contributed by atoms with van der Waals surface area (Å²) < 4.78 is 0.857. The molecule has 0 saturated carbocycles. The molecule has 0 fully saturated rings. The molecule has 108 valence electrons. The highest BCUT2D eigenvalue weighted by Gasteiger charge is 2.18. The number of aryl methyl sites for hydroxylation is 1. The van der Waals surface area contributed by atoms with Crippen LogP contribution >= 0.6 is 11.3 Å². The van der Waals surface area contributed by atoms with E-state index in [0.717, 1.165) is 21.6 Å². The zero-order chi connectivity index (χ0) is 14.9. The molecule has 5 nitrogen and oxygen atoms in total. The molecule has 0 amide bonds. The smallest absolute Gasteiger partial charge is 0.293 e. The van der Waals surface area contributed by atoms with Gasteiger partial charge in [-0.25, -0.2) is 4.98 Å². The van der Waals surface area contributed by atoms with E-state index in [1.54, 1.807) is 12.1 Å². The van der Waals surface area contributed by atoms with Gasteiger partial charge in [0, 0.05) is 12.6 Å². The Morgan fingerprint density at radius 3 is 2.70 bits per heavy atom. The molecular weight excluding hydrogens is 274 g/mol. The van der Waals surface area contributed by atoms with Crippen molar-refractivity contribution < 1.29 is 4.92 Å². The fraction of sp³-hybridized carbons (Fsp3) is 0.500. The zero-order valence-electron chi connectivity index (χ0n) is 12.2. The van der Waals surface area contributed by atoms with Crippen LogP contribution in [-0.2, 0) is 0 Å². The summed E-state index contributed by atoms with van der Waals surface area (Å²) in [4.78, 5) is 15.2. The van der Waals surface area contributed by atoms with Crippen molar-refractivity contribution in [2.45, 2.75) is 34.1 Å². The molecule has 0 aliphatic carbocycles. The van der Waals surface area contributed by atoms with Crippen molar-refractivity contribution in [3.63, 3.8) is 0 Å². The summed E-state index contributed by atoms with van der Waals surface area (Å²) in [6.07, 6.45) is 0.943. The number of hydrogen-bond donors (Lipinski definition) is 1. The number of nitrogens with one attached hydrogen (secondary N) is 1. The number of nitro benzene ring substituents is 1. The Kier molecular flexibility index (Phi) is 3.94. The van der Waals surface area contributed by atoms with Gasteiger partial charge in [-0.1, -0.05) is 20.8 Å². The highest BCUT2D eigenvalue weighted by Crippen LogP contribution is 2.33. The molecule has 0 radical (unpaired) electrons. The van der Waals surface area contributed by atoms with Crippen LogP contribution in [0.1, 0.15) is 32.2 Å². The summed E-state index contributed by atoms with van der Waals surface area (Å²) in [7, 11) is 0. The molecule has 0 saturated heterocycles. The van der Waals surface area contributed by atoms with Crippen LogP contribution in [0.2, 0.25) is 0 Å². The molecular formula is C14H19N3O2S. The molecule has 0 unspecified atom stereocenters. The minimum Gasteiger partial charge on any atom is -0.379 e. The number of nitro groups is 1. The van der Waals surface area contributed by atoms with Crippen molar-refractivity contribution >= 4 is 32.9 Å². The van der Waals surface area contributed by atoms with Crippen LogP contribution in [0.4, 0.5) is 11.4 Å². The average Bonchev–Trinajstić information content (AvgIpc) is 2.65. The van der Waals surface area contributed by atoms with Gasteiger partial charge in [0.15, 0.2) is 0 Å². The number of nitrogens with zero attached hydrogens (tertiary/aromatic N) is 2. The quantitative estimate of drug-likeness (QED) is 0.671. The van der Waals surface area contributed by atoms with E-state index in [0.29, 0.717) is 12.2 Å². The standard InChI is InChI=1S/C14H19N3O2S/c1-9-16-11-7-10(15-6-5-14(2,3)4)12(17(18)19)8-13(11)20-9/h7-8,15H,5-6H2,1-4H3. The molecule has 2 rings (SSSR count). The Morgan fingerprint density at radius 1 is 1.40 bits per heavy atom.